The molecule has 6 heteroatoms. The van der Waals surface area contributed by atoms with Gasteiger partial charge in [-0.25, -0.2) is 0 Å². The van der Waals surface area contributed by atoms with Crippen molar-refractivity contribution in [1.82, 2.24) is 4.73 Å². The second-order valence-electron chi connectivity index (χ2n) is 3.63. The largest absolute Gasteiger partial charge is 0.481 e. The van der Waals surface area contributed by atoms with Gasteiger partial charge >= 0.3 is 10.8 Å². The van der Waals surface area contributed by atoms with Crippen LogP contribution < -0.4 is 9.71 Å². The number of aliphatic carboxylic acids is 1. The molecule has 0 aliphatic heterocycles. The van der Waals surface area contributed by atoms with E-state index in [-0.39, 0.29) is 4.87 Å². The van der Waals surface area contributed by atoms with Gasteiger partial charge in [-0.15, -0.1) is 4.73 Å². The molecule has 0 saturated carbocycles. The molecule has 0 bridgehead atoms. The molecule has 0 aliphatic rings. The number of benzene rings is 1. The molecule has 2 aromatic rings. The van der Waals surface area contributed by atoms with E-state index in [1.54, 1.807) is 25.1 Å². The second kappa shape index (κ2) is 4.21. The number of rotatable bonds is 3. The minimum absolute atomic E-state index is 0.220. The second-order valence-corrected chi connectivity index (χ2v) is 4.63. The number of nitrogens with zero attached hydrogens (tertiary/aromatic N) is 1. The first-order valence-corrected chi connectivity index (χ1v) is 5.79. The van der Waals surface area contributed by atoms with Crippen LogP contribution in [0.1, 0.15) is 18.4 Å². The molecular weight excluding hydrogens is 242 g/mol. The van der Waals surface area contributed by atoms with Crippen molar-refractivity contribution < 1.29 is 14.7 Å². The van der Waals surface area contributed by atoms with Gasteiger partial charge in [0, 0.05) is 0 Å². The zero-order chi connectivity index (χ0) is 12.6. The average molecular weight is 253 g/mol. The monoisotopic (exact) mass is 253 g/mol. The summed E-state index contributed by atoms with van der Waals surface area (Å²) in [6.45, 7) is 1.61. The summed E-state index contributed by atoms with van der Waals surface area (Å²) < 4.78 is 1.91. The van der Waals surface area contributed by atoms with Crippen LogP contribution in [-0.2, 0) is 4.79 Å². The highest BCUT2D eigenvalue weighted by Crippen LogP contribution is 2.23. The van der Waals surface area contributed by atoms with E-state index in [0.29, 0.717) is 11.1 Å². The molecule has 17 heavy (non-hydrogen) atoms. The maximum atomic E-state index is 11.5. The molecule has 1 aromatic heterocycles. The third kappa shape index (κ3) is 1.91. The van der Waals surface area contributed by atoms with Gasteiger partial charge in [-0.2, -0.15) is 0 Å². The molecule has 0 amide bonds. The van der Waals surface area contributed by atoms with Gasteiger partial charge in [-0.05, 0) is 24.6 Å². The predicted octanol–water partition coefficient (Wildman–Crippen LogP) is 1.31. The third-order valence-corrected chi connectivity index (χ3v) is 3.51. The van der Waals surface area contributed by atoms with E-state index in [1.807, 2.05) is 0 Å². The van der Waals surface area contributed by atoms with Gasteiger partial charge in [0.1, 0.15) is 12.6 Å². The minimum Gasteiger partial charge on any atom is -0.481 e. The molecule has 90 valence electrons. The van der Waals surface area contributed by atoms with Crippen molar-refractivity contribution in [1.29, 1.82) is 0 Å². The quantitative estimate of drug-likeness (QED) is 0.895. The summed E-state index contributed by atoms with van der Waals surface area (Å²) in [7, 11) is 1.42. The van der Waals surface area contributed by atoms with Crippen LogP contribution in [0.3, 0.4) is 0 Å². The van der Waals surface area contributed by atoms with Gasteiger partial charge < -0.3 is 9.94 Å². The summed E-state index contributed by atoms with van der Waals surface area (Å²) in [5.74, 6) is -1.48. The Balaban J connectivity index is 2.60. The van der Waals surface area contributed by atoms with E-state index in [4.69, 9.17) is 9.94 Å². The van der Waals surface area contributed by atoms with Crippen molar-refractivity contribution in [2.45, 2.75) is 12.8 Å². The number of hydrogen-bond donors (Lipinski definition) is 1. The van der Waals surface area contributed by atoms with E-state index in [9.17, 15) is 9.59 Å². The molecule has 1 N–H and O–H groups in total. The Bertz CT molecular complexity index is 628. The van der Waals surface area contributed by atoms with Crippen molar-refractivity contribution in [3.63, 3.8) is 0 Å². The Morgan fingerprint density at radius 2 is 2.24 bits per heavy atom. The Labute approximate surface area is 101 Å². The van der Waals surface area contributed by atoms with Crippen molar-refractivity contribution in [3.8, 4) is 0 Å². The number of hydrogen-bond acceptors (Lipinski definition) is 4. The van der Waals surface area contributed by atoms with Gasteiger partial charge in [0.2, 0.25) is 0 Å². The summed E-state index contributed by atoms with van der Waals surface area (Å²) in [4.78, 5) is 27.1. The molecule has 0 aliphatic carbocycles. The SMILES string of the molecule is COn1c(=O)sc2cc(C(C)C(=O)O)ccc21. The Morgan fingerprint density at radius 3 is 2.82 bits per heavy atom. The number of carbonyl (C=O) groups is 1. The molecule has 0 saturated heterocycles. The number of fused-ring (bicyclic) bond motifs is 1. The van der Waals surface area contributed by atoms with E-state index < -0.39 is 11.9 Å². The van der Waals surface area contributed by atoms with Crippen molar-refractivity contribution in [2.75, 3.05) is 7.11 Å². The summed E-state index contributed by atoms with van der Waals surface area (Å²) in [5.41, 5.74) is 1.33. The van der Waals surface area contributed by atoms with E-state index >= 15 is 0 Å². The van der Waals surface area contributed by atoms with Crippen LogP contribution >= 0.6 is 11.3 Å². The fraction of sp³-hybridized carbons (Fsp3) is 0.273. The van der Waals surface area contributed by atoms with E-state index in [2.05, 4.69) is 0 Å². The smallest absolute Gasteiger partial charge is 0.340 e. The molecule has 0 spiro atoms. The van der Waals surface area contributed by atoms with Crippen LogP contribution in [0.4, 0.5) is 0 Å². The van der Waals surface area contributed by atoms with E-state index in [1.165, 1.54) is 11.8 Å². The highest BCUT2D eigenvalue weighted by Gasteiger charge is 2.16. The number of carboxylic acid groups (broad SMARTS) is 1. The lowest BCUT2D eigenvalue weighted by Gasteiger charge is -2.06. The lowest BCUT2D eigenvalue weighted by atomic mass is 10.0. The number of carboxylic acids is 1. The van der Waals surface area contributed by atoms with Crippen molar-refractivity contribution in [2.24, 2.45) is 0 Å². The van der Waals surface area contributed by atoms with Crippen LogP contribution in [0.5, 0.6) is 0 Å². The molecule has 0 fully saturated rings. The molecule has 1 heterocycles. The van der Waals surface area contributed by atoms with Gasteiger partial charge in [0.05, 0.1) is 10.6 Å². The van der Waals surface area contributed by atoms with E-state index in [0.717, 1.165) is 16.0 Å². The lowest BCUT2D eigenvalue weighted by Crippen LogP contribution is -2.18. The topological polar surface area (TPSA) is 68.5 Å². The average Bonchev–Trinajstić information content (AvgIpc) is 2.61. The zero-order valence-corrected chi connectivity index (χ0v) is 10.2. The van der Waals surface area contributed by atoms with Crippen LogP contribution in [0.2, 0.25) is 0 Å². The van der Waals surface area contributed by atoms with Crippen LogP contribution in [0.15, 0.2) is 23.0 Å². The zero-order valence-electron chi connectivity index (χ0n) is 9.34. The normalized spacial score (nSPS) is 12.6. The van der Waals surface area contributed by atoms with Crippen molar-refractivity contribution in [3.05, 3.63) is 33.4 Å². The molecular formula is C11H11NO4S. The predicted molar refractivity (Wildman–Crippen MR) is 64.6 cm³/mol. The highest BCUT2D eigenvalue weighted by molar-refractivity contribution is 7.16. The van der Waals surface area contributed by atoms with Crippen LogP contribution in [0.25, 0.3) is 10.2 Å². The fourth-order valence-electron chi connectivity index (χ4n) is 1.60. The van der Waals surface area contributed by atoms with Crippen molar-refractivity contribution >= 4 is 27.5 Å². The van der Waals surface area contributed by atoms with Gasteiger partial charge in [0.15, 0.2) is 0 Å². The highest BCUT2D eigenvalue weighted by atomic mass is 32.1. The maximum Gasteiger partial charge on any atom is 0.340 e. The summed E-state index contributed by atoms with van der Waals surface area (Å²) >= 11 is 1.04. The third-order valence-electron chi connectivity index (χ3n) is 2.62. The Hall–Kier alpha value is -1.82. The minimum atomic E-state index is -0.886. The first-order chi connectivity index (χ1) is 8.04. The number of aromatic nitrogens is 1. The van der Waals surface area contributed by atoms with Crippen LogP contribution in [0, 0.1) is 0 Å². The summed E-state index contributed by atoms with van der Waals surface area (Å²) in [6.07, 6.45) is 0. The van der Waals surface area contributed by atoms with Crippen LogP contribution in [-0.4, -0.2) is 22.9 Å². The fourth-order valence-corrected chi connectivity index (χ4v) is 2.49. The first-order valence-electron chi connectivity index (χ1n) is 4.97. The molecule has 1 aromatic carbocycles. The van der Waals surface area contributed by atoms with Gasteiger partial charge in [0.25, 0.3) is 0 Å². The molecule has 5 nitrogen and oxygen atoms in total. The maximum absolute atomic E-state index is 11.5. The summed E-state index contributed by atoms with van der Waals surface area (Å²) in [5, 5.41) is 8.93. The first kappa shape index (κ1) is 11.7. The lowest BCUT2D eigenvalue weighted by molar-refractivity contribution is -0.138. The Morgan fingerprint density at radius 1 is 1.53 bits per heavy atom. The van der Waals surface area contributed by atoms with Gasteiger partial charge in [-0.1, -0.05) is 17.4 Å². The summed E-state index contributed by atoms with van der Waals surface area (Å²) in [6, 6.07) is 5.12. The molecule has 2 rings (SSSR count). The molecule has 1 unspecified atom stereocenters. The molecule has 1 atom stereocenters. The van der Waals surface area contributed by atoms with Gasteiger partial charge in [-0.3, -0.25) is 9.59 Å². The number of thiazole rings is 1. The standard InChI is InChI=1S/C11H11NO4S/c1-6(10(13)14)7-3-4-8-9(5-7)17-11(15)12(8)16-2/h3-6H,1-2H3,(H,13,14). The Kier molecular flexibility index (Phi) is 2.89. The molecule has 0 radical (unpaired) electrons.